The Morgan fingerprint density at radius 2 is 1.71 bits per heavy atom. The molecule has 0 aliphatic rings. The number of carboxylic acids is 1. The van der Waals surface area contributed by atoms with Crippen LogP contribution in [0.4, 0.5) is 0 Å². The zero-order valence-electron chi connectivity index (χ0n) is 16.3. The van der Waals surface area contributed by atoms with Gasteiger partial charge in [0, 0.05) is 24.4 Å². The molecule has 31 heavy (non-hydrogen) atoms. The van der Waals surface area contributed by atoms with Crippen molar-refractivity contribution in [3.8, 4) is 5.75 Å². The molecule has 0 aromatic heterocycles. The van der Waals surface area contributed by atoms with Crippen molar-refractivity contribution in [2.24, 2.45) is 5.92 Å². The average molecular weight is 449 g/mol. The minimum absolute atomic E-state index is 0.0785. The highest BCUT2D eigenvalue weighted by molar-refractivity contribution is 7.89. The lowest BCUT2D eigenvalue weighted by Gasteiger charge is -2.09. The Morgan fingerprint density at radius 3 is 2.23 bits per heavy atom. The van der Waals surface area contributed by atoms with Gasteiger partial charge in [0.15, 0.2) is 5.78 Å². The lowest BCUT2D eigenvalue weighted by atomic mass is 10.00. The highest BCUT2D eigenvalue weighted by Crippen LogP contribution is 2.21. The van der Waals surface area contributed by atoms with Gasteiger partial charge < -0.3 is 15.0 Å². The highest BCUT2D eigenvalue weighted by atomic mass is 32.2. The summed E-state index contributed by atoms with van der Waals surface area (Å²) in [5, 5.41) is 18.5. The summed E-state index contributed by atoms with van der Waals surface area (Å²) in [7, 11) is -4.01. The van der Waals surface area contributed by atoms with Crippen LogP contribution in [0.15, 0.2) is 47.4 Å². The first-order valence-corrected chi connectivity index (χ1v) is 10.2. The van der Waals surface area contributed by atoms with Crippen LogP contribution >= 0.6 is 0 Å². The summed E-state index contributed by atoms with van der Waals surface area (Å²) in [5.41, 5.74) is 0.487. The molecule has 0 bridgehead atoms. The molecule has 0 aliphatic carbocycles. The number of carboxylic acid groups (broad SMARTS) is 1. The van der Waals surface area contributed by atoms with Crippen molar-refractivity contribution in [3.63, 3.8) is 0 Å². The predicted molar refractivity (Wildman–Crippen MR) is 105 cm³/mol. The zero-order chi connectivity index (χ0) is 23.6. The van der Waals surface area contributed by atoms with Gasteiger partial charge in [-0.2, -0.15) is 9.59 Å². The second-order valence-electron chi connectivity index (χ2n) is 6.33. The van der Waals surface area contributed by atoms with Crippen LogP contribution in [0.2, 0.25) is 0 Å². The number of phenols is 1. The molecule has 0 radical (unpaired) electrons. The van der Waals surface area contributed by atoms with E-state index in [0.717, 1.165) is 18.2 Å². The molecule has 2 aromatic carbocycles. The van der Waals surface area contributed by atoms with Gasteiger partial charge in [-0.3, -0.25) is 4.79 Å². The molecule has 11 heteroatoms. The van der Waals surface area contributed by atoms with E-state index in [-0.39, 0.29) is 35.7 Å². The molecule has 2 rings (SSSR count). The third-order valence-corrected chi connectivity index (χ3v) is 5.39. The summed E-state index contributed by atoms with van der Waals surface area (Å²) in [6.45, 7) is 1.57. The standard InChI is InChI=1S/C19H19NO7S.CO2/c1-12(11-21)8-18(23)14-4-2-13(3-5-14)10-20-28(26,27)15-6-7-17(22)16(9-15)19(24)25;2-1-3/h2-7,9,11-12,20,22H,8,10H2,1H3,(H,24,25);/t12-;/m1./s1. The fraction of sp³-hybridized carbons (Fsp3) is 0.200. The van der Waals surface area contributed by atoms with E-state index >= 15 is 0 Å². The number of rotatable bonds is 9. The number of aldehydes is 1. The summed E-state index contributed by atoms with van der Waals surface area (Å²) in [5.74, 6) is -2.54. The highest BCUT2D eigenvalue weighted by Gasteiger charge is 2.19. The van der Waals surface area contributed by atoms with Crippen LogP contribution < -0.4 is 4.72 Å². The minimum atomic E-state index is -4.01. The number of hydrogen-bond acceptors (Lipinski definition) is 8. The summed E-state index contributed by atoms with van der Waals surface area (Å²) in [6, 6.07) is 9.23. The maximum atomic E-state index is 12.3. The largest absolute Gasteiger partial charge is 0.507 e. The van der Waals surface area contributed by atoms with Crippen molar-refractivity contribution in [3.05, 3.63) is 59.2 Å². The number of benzene rings is 2. The quantitative estimate of drug-likeness (QED) is 0.378. The van der Waals surface area contributed by atoms with Gasteiger partial charge in [0.1, 0.15) is 17.6 Å². The Bertz CT molecular complexity index is 1090. The molecule has 3 N–H and O–H groups in total. The SMILES string of the molecule is C[C@@H](C=O)CC(=O)c1ccc(CNS(=O)(=O)c2ccc(O)c(C(=O)O)c2)cc1.O=C=O. The Balaban J connectivity index is 0.00000151. The summed E-state index contributed by atoms with van der Waals surface area (Å²) in [4.78, 5) is 49.6. The first kappa shape index (κ1) is 25.4. The van der Waals surface area contributed by atoms with Crippen molar-refractivity contribution in [1.29, 1.82) is 0 Å². The third-order valence-electron chi connectivity index (χ3n) is 3.99. The van der Waals surface area contributed by atoms with Gasteiger partial charge in [-0.15, -0.1) is 0 Å². The van der Waals surface area contributed by atoms with Gasteiger partial charge in [0.25, 0.3) is 0 Å². The van der Waals surface area contributed by atoms with Crippen LogP contribution in [-0.2, 0) is 31.0 Å². The molecule has 0 spiro atoms. The molecular formula is C20H19NO9S. The van der Waals surface area contributed by atoms with E-state index in [4.69, 9.17) is 14.7 Å². The molecule has 2 aromatic rings. The summed E-state index contributed by atoms with van der Waals surface area (Å²) >= 11 is 0. The Hall–Kier alpha value is -3.66. The predicted octanol–water partition coefficient (Wildman–Crippen LogP) is 1.39. The number of Topliss-reactive ketones (excluding diaryl/α,β-unsaturated/α-hetero) is 1. The molecule has 164 valence electrons. The third kappa shape index (κ3) is 7.59. The molecule has 0 aliphatic heterocycles. The van der Waals surface area contributed by atoms with Gasteiger partial charge in [-0.1, -0.05) is 31.2 Å². The van der Waals surface area contributed by atoms with Crippen LogP contribution in [0.1, 0.15) is 39.6 Å². The second kappa shape index (κ2) is 11.5. The number of aromatic carboxylic acids is 1. The van der Waals surface area contributed by atoms with Crippen LogP contribution in [-0.4, -0.2) is 42.8 Å². The summed E-state index contributed by atoms with van der Waals surface area (Å²) < 4.78 is 27.0. The van der Waals surface area contributed by atoms with E-state index in [9.17, 15) is 27.9 Å². The first-order valence-electron chi connectivity index (χ1n) is 8.68. The maximum Gasteiger partial charge on any atom is 0.373 e. The zero-order valence-corrected chi connectivity index (χ0v) is 17.1. The first-order chi connectivity index (χ1) is 14.5. The number of hydrogen-bond donors (Lipinski definition) is 3. The molecule has 0 fully saturated rings. The molecule has 0 unspecified atom stereocenters. The van der Waals surface area contributed by atoms with Crippen LogP contribution in [0.25, 0.3) is 0 Å². The smallest absolute Gasteiger partial charge is 0.373 e. The Labute approximate surface area is 177 Å². The van der Waals surface area contributed by atoms with Crippen molar-refractivity contribution >= 4 is 34.2 Å². The number of nitrogens with one attached hydrogen (secondary N) is 1. The molecule has 1 atom stereocenters. The van der Waals surface area contributed by atoms with E-state index in [1.807, 2.05) is 0 Å². The van der Waals surface area contributed by atoms with E-state index in [1.165, 1.54) is 0 Å². The fourth-order valence-corrected chi connectivity index (χ4v) is 3.43. The fourth-order valence-electron chi connectivity index (χ4n) is 2.38. The molecule has 0 heterocycles. The molecule has 0 saturated carbocycles. The lowest BCUT2D eigenvalue weighted by molar-refractivity contribution is -0.191. The van der Waals surface area contributed by atoms with Crippen molar-refractivity contribution < 1.29 is 42.6 Å². The van der Waals surface area contributed by atoms with Crippen LogP contribution in [0.3, 0.4) is 0 Å². The normalized spacial score (nSPS) is 11.4. The van der Waals surface area contributed by atoms with E-state index in [2.05, 4.69) is 4.72 Å². The number of aromatic hydroxyl groups is 1. The average Bonchev–Trinajstić information content (AvgIpc) is 2.73. The number of ketones is 1. The van der Waals surface area contributed by atoms with Gasteiger partial charge in [-0.05, 0) is 23.8 Å². The number of sulfonamides is 1. The Kier molecular flexibility index (Phi) is 9.42. The molecule has 0 saturated heterocycles. The second-order valence-corrected chi connectivity index (χ2v) is 8.10. The molecule has 10 nitrogen and oxygen atoms in total. The van der Waals surface area contributed by atoms with Gasteiger partial charge in [0.2, 0.25) is 10.0 Å². The Morgan fingerprint density at radius 1 is 1.13 bits per heavy atom. The van der Waals surface area contributed by atoms with Crippen LogP contribution in [0.5, 0.6) is 5.75 Å². The summed E-state index contributed by atoms with van der Waals surface area (Å²) in [6.07, 6.45) is 1.06. The van der Waals surface area contributed by atoms with Gasteiger partial charge >= 0.3 is 12.1 Å². The maximum absolute atomic E-state index is 12.3. The topological polar surface area (TPSA) is 172 Å². The lowest BCUT2D eigenvalue weighted by Crippen LogP contribution is -2.23. The van der Waals surface area contributed by atoms with Crippen molar-refractivity contribution in [2.75, 3.05) is 0 Å². The van der Waals surface area contributed by atoms with Crippen LogP contribution in [0, 0.1) is 5.92 Å². The van der Waals surface area contributed by atoms with E-state index in [0.29, 0.717) is 17.4 Å². The van der Waals surface area contributed by atoms with E-state index in [1.54, 1.807) is 31.2 Å². The van der Waals surface area contributed by atoms with E-state index < -0.39 is 27.3 Å². The van der Waals surface area contributed by atoms with Gasteiger partial charge in [-0.25, -0.2) is 17.9 Å². The molecule has 0 amide bonds. The van der Waals surface area contributed by atoms with Crippen molar-refractivity contribution in [2.45, 2.75) is 24.8 Å². The molecular weight excluding hydrogens is 430 g/mol. The van der Waals surface area contributed by atoms with Gasteiger partial charge in [0.05, 0.1) is 4.90 Å². The minimum Gasteiger partial charge on any atom is -0.507 e. The monoisotopic (exact) mass is 449 g/mol. The van der Waals surface area contributed by atoms with Crippen molar-refractivity contribution in [1.82, 2.24) is 4.72 Å². The number of carbonyl (C=O) groups excluding carboxylic acids is 4. The number of carbonyl (C=O) groups is 3.